The number of carbonyl (C=O) groups excluding carboxylic acids is 3. The molecule has 0 aliphatic carbocycles. The van der Waals surface area contributed by atoms with Crippen LogP contribution in [0.1, 0.15) is 17.5 Å². The Bertz CT molecular complexity index is 1520. The number of hydrogen-bond donors (Lipinski definition) is 2. The number of aryl methyl sites for hydroxylation is 2. The summed E-state index contributed by atoms with van der Waals surface area (Å²) >= 11 is 1.22. The molecule has 0 atom stereocenters. The molecular weight excluding hydrogens is 506 g/mol. The van der Waals surface area contributed by atoms with Crippen LogP contribution in [0.15, 0.2) is 125 Å². The summed E-state index contributed by atoms with van der Waals surface area (Å²) in [5.41, 5.74) is 4.34. The number of nitrogens with zero attached hydrogens (tertiary/aromatic N) is 1. The molecule has 1 aliphatic heterocycles. The molecular formula is C32H27N3O3S. The van der Waals surface area contributed by atoms with E-state index in [4.69, 9.17) is 0 Å². The Morgan fingerprint density at radius 3 is 2.03 bits per heavy atom. The van der Waals surface area contributed by atoms with Crippen molar-refractivity contribution in [3.63, 3.8) is 0 Å². The highest BCUT2D eigenvalue weighted by Gasteiger charge is 2.40. The van der Waals surface area contributed by atoms with Gasteiger partial charge in [0.05, 0.1) is 5.69 Å². The lowest BCUT2D eigenvalue weighted by Crippen LogP contribution is -2.32. The van der Waals surface area contributed by atoms with Crippen molar-refractivity contribution in [2.24, 2.45) is 0 Å². The zero-order chi connectivity index (χ0) is 27.2. The van der Waals surface area contributed by atoms with Crippen molar-refractivity contribution >= 4 is 46.5 Å². The Balaban J connectivity index is 1.32. The first-order valence-electron chi connectivity index (χ1n) is 12.6. The summed E-state index contributed by atoms with van der Waals surface area (Å²) in [7, 11) is 0. The third kappa shape index (κ3) is 6.27. The van der Waals surface area contributed by atoms with Crippen LogP contribution in [0.5, 0.6) is 0 Å². The molecule has 2 N–H and O–H groups in total. The molecule has 1 heterocycles. The Kier molecular flexibility index (Phi) is 7.89. The van der Waals surface area contributed by atoms with Crippen LogP contribution in [0.3, 0.4) is 0 Å². The summed E-state index contributed by atoms with van der Waals surface area (Å²) in [6.45, 7) is 1.99. The molecule has 194 valence electrons. The first-order valence-corrected chi connectivity index (χ1v) is 13.4. The topological polar surface area (TPSA) is 78.5 Å². The molecule has 7 heteroatoms. The minimum Gasteiger partial charge on any atom is -0.350 e. The summed E-state index contributed by atoms with van der Waals surface area (Å²) in [5, 5.41) is 6.09. The van der Waals surface area contributed by atoms with Gasteiger partial charge in [-0.3, -0.25) is 14.4 Å². The van der Waals surface area contributed by atoms with Crippen LogP contribution in [-0.2, 0) is 20.8 Å². The number of hydrogen-bond acceptors (Lipinski definition) is 5. The average Bonchev–Trinajstić information content (AvgIpc) is 3.19. The van der Waals surface area contributed by atoms with E-state index in [9.17, 15) is 14.4 Å². The van der Waals surface area contributed by atoms with Gasteiger partial charge < -0.3 is 10.6 Å². The zero-order valence-corrected chi connectivity index (χ0v) is 22.2. The van der Waals surface area contributed by atoms with E-state index in [1.807, 2.05) is 79.7 Å². The highest BCUT2D eigenvalue weighted by Crippen LogP contribution is 2.38. The van der Waals surface area contributed by atoms with Crippen LogP contribution in [-0.4, -0.2) is 17.7 Å². The fourth-order valence-electron chi connectivity index (χ4n) is 4.16. The summed E-state index contributed by atoms with van der Waals surface area (Å²) in [6, 6.07) is 33.7. The van der Waals surface area contributed by atoms with Crippen LogP contribution in [0, 0.1) is 6.92 Å². The quantitative estimate of drug-likeness (QED) is 0.238. The third-order valence-corrected chi connectivity index (χ3v) is 7.31. The van der Waals surface area contributed by atoms with E-state index in [2.05, 4.69) is 10.6 Å². The van der Waals surface area contributed by atoms with Crippen LogP contribution in [0.4, 0.5) is 17.1 Å². The molecule has 0 spiro atoms. The molecule has 0 bridgehead atoms. The van der Waals surface area contributed by atoms with Crippen molar-refractivity contribution in [3.8, 4) is 0 Å². The Hall–Kier alpha value is -4.62. The number of carbonyl (C=O) groups is 3. The van der Waals surface area contributed by atoms with E-state index in [1.54, 1.807) is 36.4 Å². The molecule has 0 radical (unpaired) electrons. The summed E-state index contributed by atoms with van der Waals surface area (Å²) in [5.74, 6) is -0.859. The number of imide groups is 1. The highest BCUT2D eigenvalue weighted by molar-refractivity contribution is 8.04. The number of thioether (sulfide) groups is 1. The SMILES string of the molecule is Cc1ccc(NC2=C(Sc3ccc(NC(=O)CCc4ccccc4)cc3)C(=O)N(c3ccccc3)C2=O)cc1. The zero-order valence-electron chi connectivity index (χ0n) is 21.4. The van der Waals surface area contributed by atoms with Gasteiger partial charge in [-0.05, 0) is 67.4 Å². The van der Waals surface area contributed by atoms with Crippen molar-refractivity contribution in [1.82, 2.24) is 0 Å². The first-order chi connectivity index (χ1) is 19.0. The molecule has 4 aromatic rings. The van der Waals surface area contributed by atoms with Crippen molar-refractivity contribution < 1.29 is 14.4 Å². The van der Waals surface area contributed by atoms with Crippen molar-refractivity contribution in [2.45, 2.75) is 24.7 Å². The molecule has 39 heavy (non-hydrogen) atoms. The van der Waals surface area contributed by atoms with Gasteiger partial charge in [-0.2, -0.15) is 0 Å². The largest absolute Gasteiger partial charge is 0.350 e. The van der Waals surface area contributed by atoms with Gasteiger partial charge >= 0.3 is 0 Å². The summed E-state index contributed by atoms with van der Waals surface area (Å²) in [4.78, 5) is 41.6. The normalized spacial score (nSPS) is 13.1. The van der Waals surface area contributed by atoms with Crippen LogP contribution < -0.4 is 15.5 Å². The number of amides is 3. The van der Waals surface area contributed by atoms with E-state index < -0.39 is 5.91 Å². The van der Waals surface area contributed by atoms with Gasteiger partial charge in [-0.25, -0.2) is 4.90 Å². The lowest BCUT2D eigenvalue weighted by atomic mass is 10.1. The molecule has 4 aromatic carbocycles. The molecule has 0 fully saturated rings. The Morgan fingerprint density at radius 2 is 1.36 bits per heavy atom. The van der Waals surface area contributed by atoms with E-state index >= 15 is 0 Å². The summed E-state index contributed by atoms with van der Waals surface area (Å²) < 4.78 is 0. The third-order valence-electron chi connectivity index (χ3n) is 6.22. The first kappa shape index (κ1) is 26.0. The minimum atomic E-state index is -0.406. The number of para-hydroxylation sites is 1. The van der Waals surface area contributed by atoms with E-state index in [0.717, 1.165) is 21.7 Å². The molecule has 1 aliphatic rings. The van der Waals surface area contributed by atoms with Gasteiger partial charge in [0, 0.05) is 22.7 Å². The minimum absolute atomic E-state index is 0.0679. The second kappa shape index (κ2) is 11.8. The number of nitrogens with one attached hydrogen (secondary N) is 2. The second-order valence-electron chi connectivity index (χ2n) is 9.14. The van der Waals surface area contributed by atoms with Gasteiger partial charge in [0.1, 0.15) is 10.6 Å². The van der Waals surface area contributed by atoms with Gasteiger partial charge in [-0.15, -0.1) is 0 Å². The number of anilines is 3. The van der Waals surface area contributed by atoms with Gasteiger partial charge in [0.2, 0.25) is 5.91 Å². The fraction of sp³-hybridized carbons (Fsp3) is 0.0938. The fourth-order valence-corrected chi connectivity index (χ4v) is 5.08. The molecule has 0 saturated heterocycles. The summed E-state index contributed by atoms with van der Waals surface area (Å²) in [6.07, 6.45) is 1.05. The maximum Gasteiger partial charge on any atom is 0.283 e. The van der Waals surface area contributed by atoms with Crippen molar-refractivity contribution in [1.29, 1.82) is 0 Å². The Morgan fingerprint density at radius 1 is 0.744 bits per heavy atom. The van der Waals surface area contributed by atoms with Gasteiger partial charge in [0.25, 0.3) is 11.8 Å². The van der Waals surface area contributed by atoms with Gasteiger partial charge in [0.15, 0.2) is 0 Å². The second-order valence-corrected chi connectivity index (χ2v) is 10.2. The van der Waals surface area contributed by atoms with E-state index in [1.165, 1.54) is 16.7 Å². The predicted molar refractivity (Wildman–Crippen MR) is 156 cm³/mol. The van der Waals surface area contributed by atoms with E-state index in [-0.39, 0.29) is 17.5 Å². The molecule has 6 nitrogen and oxygen atoms in total. The average molecular weight is 534 g/mol. The van der Waals surface area contributed by atoms with Crippen molar-refractivity contribution in [2.75, 3.05) is 15.5 Å². The lowest BCUT2D eigenvalue weighted by molar-refractivity contribution is -0.120. The molecule has 0 unspecified atom stereocenters. The molecule has 0 saturated carbocycles. The monoisotopic (exact) mass is 533 g/mol. The standard InChI is InChI=1S/C32H27N3O3S/c1-22-12-15-25(16-13-22)34-29-30(32(38)35(31(29)37)26-10-6-3-7-11-26)39-27-19-17-24(18-20-27)33-28(36)21-14-23-8-4-2-5-9-23/h2-13,15-20,34H,14,21H2,1H3,(H,33,36). The van der Waals surface area contributed by atoms with E-state index in [0.29, 0.717) is 29.1 Å². The Labute approximate surface area is 231 Å². The lowest BCUT2D eigenvalue weighted by Gasteiger charge is -2.15. The number of rotatable bonds is 9. The smallest absolute Gasteiger partial charge is 0.283 e. The predicted octanol–water partition coefficient (Wildman–Crippen LogP) is 6.56. The van der Waals surface area contributed by atoms with Gasteiger partial charge in [-0.1, -0.05) is 78.0 Å². The highest BCUT2D eigenvalue weighted by atomic mass is 32.2. The molecule has 5 rings (SSSR count). The van der Waals surface area contributed by atoms with Crippen LogP contribution in [0.2, 0.25) is 0 Å². The molecule has 3 amide bonds. The number of benzene rings is 4. The maximum atomic E-state index is 13.5. The van der Waals surface area contributed by atoms with Crippen LogP contribution >= 0.6 is 11.8 Å². The maximum absolute atomic E-state index is 13.5. The van der Waals surface area contributed by atoms with Crippen molar-refractivity contribution in [3.05, 3.63) is 131 Å². The molecule has 0 aromatic heterocycles. The van der Waals surface area contributed by atoms with Crippen LogP contribution in [0.25, 0.3) is 0 Å².